The van der Waals surface area contributed by atoms with Gasteiger partial charge in [0.1, 0.15) is 11.5 Å². The van der Waals surface area contributed by atoms with Gasteiger partial charge in [0.2, 0.25) is 0 Å². The highest BCUT2D eigenvalue weighted by Gasteiger charge is 2.40. The highest BCUT2D eigenvalue weighted by atomic mass is 16.5. The highest BCUT2D eigenvalue weighted by Crippen LogP contribution is 2.47. The predicted octanol–water partition coefficient (Wildman–Crippen LogP) is 1.81. The number of hydrogen-bond donors (Lipinski definition) is 1. The molecule has 5 heteroatoms. The normalized spacial score (nSPS) is 24.4. The molecular formula is C15H23N3O2. The molecular weight excluding hydrogens is 254 g/mol. The van der Waals surface area contributed by atoms with Gasteiger partial charge in [0.25, 0.3) is 5.91 Å². The van der Waals surface area contributed by atoms with Crippen molar-refractivity contribution in [1.29, 1.82) is 0 Å². The lowest BCUT2D eigenvalue weighted by Crippen LogP contribution is -2.44. The number of hydrogen-bond acceptors (Lipinski definition) is 3. The number of ether oxygens (including phenoxy) is 1. The molecule has 1 aliphatic carbocycles. The molecule has 0 radical (unpaired) electrons. The fourth-order valence-electron chi connectivity index (χ4n) is 3.16. The van der Waals surface area contributed by atoms with Crippen LogP contribution in [0, 0.1) is 12.3 Å². The third kappa shape index (κ3) is 2.46. The summed E-state index contributed by atoms with van der Waals surface area (Å²) in [4.78, 5) is 16.2. The number of aromatic nitrogens is 2. The standard InChI is InChI=1S/C15H23N3O2/c1-11-16-9-13(18(11)2)14(19)17-8-12-4-7-15(10-20-12)5-3-6-15/h9,12H,3-8,10H2,1-2H3,(H,17,19). The van der Waals surface area contributed by atoms with E-state index in [4.69, 9.17) is 4.74 Å². The van der Waals surface area contributed by atoms with Crippen molar-refractivity contribution in [3.8, 4) is 0 Å². The molecule has 110 valence electrons. The lowest BCUT2D eigenvalue weighted by molar-refractivity contribution is -0.0939. The molecule has 1 saturated carbocycles. The van der Waals surface area contributed by atoms with E-state index in [1.165, 1.54) is 25.7 Å². The number of carbonyl (C=O) groups excluding carboxylic acids is 1. The zero-order valence-corrected chi connectivity index (χ0v) is 12.3. The van der Waals surface area contributed by atoms with Crippen molar-refractivity contribution in [2.45, 2.75) is 45.1 Å². The molecule has 1 N–H and O–H groups in total. The third-order valence-corrected chi connectivity index (χ3v) is 4.98. The van der Waals surface area contributed by atoms with Gasteiger partial charge in [-0.25, -0.2) is 4.98 Å². The monoisotopic (exact) mass is 277 g/mol. The molecule has 3 rings (SSSR count). The molecule has 1 aromatic heterocycles. The first-order valence-electron chi connectivity index (χ1n) is 7.48. The van der Waals surface area contributed by atoms with Crippen molar-refractivity contribution >= 4 is 5.91 Å². The topological polar surface area (TPSA) is 56.1 Å². The van der Waals surface area contributed by atoms with Gasteiger partial charge >= 0.3 is 0 Å². The Balaban J connectivity index is 1.48. The Labute approximate surface area is 119 Å². The van der Waals surface area contributed by atoms with Crippen molar-refractivity contribution in [2.75, 3.05) is 13.2 Å². The summed E-state index contributed by atoms with van der Waals surface area (Å²) in [6, 6.07) is 0. The molecule has 1 amide bonds. The van der Waals surface area contributed by atoms with E-state index in [0.717, 1.165) is 18.9 Å². The van der Waals surface area contributed by atoms with Crippen LogP contribution in [0.25, 0.3) is 0 Å². The van der Waals surface area contributed by atoms with Crippen molar-refractivity contribution < 1.29 is 9.53 Å². The van der Waals surface area contributed by atoms with E-state index in [2.05, 4.69) is 10.3 Å². The zero-order chi connectivity index (χ0) is 14.2. The second-order valence-electron chi connectivity index (χ2n) is 6.28. The zero-order valence-electron chi connectivity index (χ0n) is 12.3. The minimum Gasteiger partial charge on any atom is -0.376 e. The van der Waals surface area contributed by atoms with Crippen molar-refractivity contribution in [3.05, 3.63) is 17.7 Å². The predicted molar refractivity (Wildman–Crippen MR) is 75.5 cm³/mol. The van der Waals surface area contributed by atoms with E-state index in [-0.39, 0.29) is 12.0 Å². The van der Waals surface area contributed by atoms with Gasteiger partial charge in [-0.05, 0) is 38.0 Å². The largest absolute Gasteiger partial charge is 0.376 e. The number of imidazole rings is 1. The molecule has 2 heterocycles. The van der Waals surface area contributed by atoms with Gasteiger partial charge in [-0.2, -0.15) is 0 Å². The lowest BCUT2D eigenvalue weighted by atomic mass is 9.65. The maximum Gasteiger partial charge on any atom is 0.269 e. The van der Waals surface area contributed by atoms with Crippen molar-refractivity contribution in [2.24, 2.45) is 12.5 Å². The summed E-state index contributed by atoms with van der Waals surface area (Å²) >= 11 is 0. The molecule has 1 aliphatic heterocycles. The molecule has 1 saturated heterocycles. The molecule has 1 aromatic rings. The number of rotatable bonds is 3. The van der Waals surface area contributed by atoms with E-state index in [9.17, 15) is 4.79 Å². The first-order valence-corrected chi connectivity index (χ1v) is 7.48. The van der Waals surface area contributed by atoms with Gasteiger partial charge < -0.3 is 14.6 Å². The molecule has 2 fully saturated rings. The highest BCUT2D eigenvalue weighted by molar-refractivity contribution is 5.92. The Morgan fingerprint density at radius 1 is 1.55 bits per heavy atom. The minimum absolute atomic E-state index is 0.0689. The van der Waals surface area contributed by atoms with Crippen LogP contribution in [0.5, 0.6) is 0 Å². The second kappa shape index (κ2) is 5.20. The quantitative estimate of drug-likeness (QED) is 0.916. The van der Waals surface area contributed by atoms with Crippen LogP contribution in [0.15, 0.2) is 6.20 Å². The fourth-order valence-corrected chi connectivity index (χ4v) is 3.16. The van der Waals surface area contributed by atoms with Gasteiger partial charge in [0.05, 0.1) is 18.9 Å². The maximum absolute atomic E-state index is 12.1. The summed E-state index contributed by atoms with van der Waals surface area (Å²) in [6.07, 6.45) is 8.09. The molecule has 0 aromatic carbocycles. The summed E-state index contributed by atoms with van der Waals surface area (Å²) in [5.41, 5.74) is 1.09. The molecule has 0 bridgehead atoms. The Morgan fingerprint density at radius 3 is 2.85 bits per heavy atom. The van der Waals surface area contributed by atoms with Crippen LogP contribution in [0.1, 0.15) is 48.4 Å². The number of amides is 1. The molecule has 2 aliphatic rings. The SMILES string of the molecule is Cc1ncc(C(=O)NCC2CCC3(CCC3)CO2)n1C. The van der Waals surface area contributed by atoms with Gasteiger partial charge in [-0.15, -0.1) is 0 Å². The minimum atomic E-state index is -0.0689. The molecule has 20 heavy (non-hydrogen) atoms. The van der Waals surface area contributed by atoms with Crippen LogP contribution >= 0.6 is 0 Å². The lowest BCUT2D eigenvalue weighted by Gasteiger charge is -2.46. The average molecular weight is 277 g/mol. The van der Waals surface area contributed by atoms with Gasteiger partial charge in [0, 0.05) is 13.6 Å². The first kappa shape index (κ1) is 13.6. The van der Waals surface area contributed by atoms with Crippen molar-refractivity contribution in [1.82, 2.24) is 14.9 Å². The fraction of sp³-hybridized carbons (Fsp3) is 0.733. The van der Waals surface area contributed by atoms with Gasteiger partial charge in [0.15, 0.2) is 0 Å². The van der Waals surface area contributed by atoms with E-state index in [0.29, 0.717) is 17.7 Å². The summed E-state index contributed by atoms with van der Waals surface area (Å²) in [6.45, 7) is 3.36. The summed E-state index contributed by atoms with van der Waals surface area (Å²) < 4.78 is 7.73. The van der Waals surface area contributed by atoms with E-state index in [1.807, 2.05) is 14.0 Å². The van der Waals surface area contributed by atoms with Crippen LogP contribution in [-0.2, 0) is 11.8 Å². The average Bonchev–Trinajstić information content (AvgIpc) is 2.75. The Kier molecular flexibility index (Phi) is 3.54. The number of carbonyl (C=O) groups is 1. The second-order valence-corrected chi connectivity index (χ2v) is 6.28. The van der Waals surface area contributed by atoms with E-state index in [1.54, 1.807) is 10.8 Å². The number of aryl methyl sites for hydroxylation is 1. The summed E-state index contributed by atoms with van der Waals surface area (Å²) in [7, 11) is 1.86. The van der Waals surface area contributed by atoms with E-state index < -0.39 is 0 Å². The number of nitrogens with one attached hydrogen (secondary N) is 1. The molecule has 1 spiro atoms. The van der Waals surface area contributed by atoms with Crippen LogP contribution in [0.4, 0.5) is 0 Å². The molecule has 1 atom stereocenters. The van der Waals surface area contributed by atoms with Crippen LogP contribution in [-0.4, -0.2) is 34.7 Å². The Bertz CT molecular complexity index is 495. The smallest absolute Gasteiger partial charge is 0.269 e. The van der Waals surface area contributed by atoms with Crippen molar-refractivity contribution in [3.63, 3.8) is 0 Å². The van der Waals surface area contributed by atoms with Crippen LogP contribution in [0.3, 0.4) is 0 Å². The third-order valence-electron chi connectivity index (χ3n) is 4.98. The first-order chi connectivity index (χ1) is 9.60. The van der Waals surface area contributed by atoms with Crippen LogP contribution in [0.2, 0.25) is 0 Å². The maximum atomic E-state index is 12.1. The van der Waals surface area contributed by atoms with Gasteiger partial charge in [-0.1, -0.05) is 6.42 Å². The Hall–Kier alpha value is -1.36. The summed E-state index contributed by atoms with van der Waals surface area (Å²) in [5, 5.41) is 2.96. The van der Waals surface area contributed by atoms with E-state index >= 15 is 0 Å². The number of nitrogens with zero attached hydrogens (tertiary/aromatic N) is 2. The van der Waals surface area contributed by atoms with Crippen LogP contribution < -0.4 is 5.32 Å². The molecule has 5 nitrogen and oxygen atoms in total. The molecule has 1 unspecified atom stereocenters. The van der Waals surface area contributed by atoms with Gasteiger partial charge in [-0.3, -0.25) is 4.79 Å². The Morgan fingerprint density at radius 2 is 2.35 bits per heavy atom. The summed E-state index contributed by atoms with van der Waals surface area (Å²) in [5.74, 6) is 0.775.